The van der Waals surface area contributed by atoms with Crippen LogP contribution in [0.1, 0.15) is 50.5 Å². The van der Waals surface area contributed by atoms with Crippen LogP contribution in [0.25, 0.3) is 0 Å². The first-order chi connectivity index (χ1) is 12.0. The van der Waals surface area contributed by atoms with Crippen LogP contribution in [0.15, 0.2) is 30.3 Å². The van der Waals surface area contributed by atoms with E-state index in [9.17, 15) is 9.59 Å². The zero-order valence-electron chi connectivity index (χ0n) is 14.8. The van der Waals surface area contributed by atoms with E-state index in [2.05, 4.69) is 24.3 Å². The highest BCUT2D eigenvalue weighted by atomic mass is 16.5. The number of benzene rings is 1. The molecule has 1 N–H and O–H groups in total. The van der Waals surface area contributed by atoms with Crippen LogP contribution < -0.4 is 0 Å². The lowest BCUT2D eigenvalue weighted by molar-refractivity contribution is -0.166. The molecule has 1 unspecified atom stereocenters. The van der Waals surface area contributed by atoms with Crippen molar-refractivity contribution in [1.82, 2.24) is 4.90 Å². The van der Waals surface area contributed by atoms with Gasteiger partial charge in [-0.15, -0.1) is 0 Å². The molecule has 1 saturated carbocycles. The number of ether oxygens (including phenoxy) is 1. The predicted octanol–water partition coefficient (Wildman–Crippen LogP) is 3.05. The Morgan fingerprint density at radius 2 is 1.80 bits per heavy atom. The third-order valence-corrected chi connectivity index (χ3v) is 5.47. The first-order valence-corrected chi connectivity index (χ1v) is 9.24. The van der Waals surface area contributed by atoms with E-state index in [4.69, 9.17) is 9.84 Å². The Morgan fingerprint density at radius 1 is 1.12 bits per heavy atom. The third-order valence-electron chi connectivity index (χ3n) is 5.47. The van der Waals surface area contributed by atoms with E-state index in [1.807, 2.05) is 13.0 Å². The number of morpholine rings is 1. The molecule has 0 bridgehead atoms. The maximum Gasteiger partial charge on any atom is 0.334 e. The van der Waals surface area contributed by atoms with Gasteiger partial charge >= 0.3 is 5.97 Å². The first kappa shape index (κ1) is 17.9. The fourth-order valence-corrected chi connectivity index (χ4v) is 4.09. The van der Waals surface area contributed by atoms with Gasteiger partial charge in [0.05, 0.1) is 12.6 Å². The summed E-state index contributed by atoms with van der Waals surface area (Å²) in [5.74, 6) is 0.0959. The normalized spacial score (nSPS) is 30.0. The summed E-state index contributed by atoms with van der Waals surface area (Å²) in [5.41, 5.74) is 1.40. The van der Waals surface area contributed by atoms with Crippen LogP contribution in [0.4, 0.5) is 0 Å². The van der Waals surface area contributed by atoms with Crippen molar-refractivity contribution >= 4 is 11.9 Å². The minimum Gasteiger partial charge on any atom is -0.479 e. The quantitative estimate of drug-likeness (QED) is 0.911. The second-order valence-corrected chi connectivity index (χ2v) is 7.40. The van der Waals surface area contributed by atoms with Gasteiger partial charge in [-0.05, 0) is 50.0 Å². The number of carbonyl (C=O) groups is 2. The zero-order valence-corrected chi connectivity index (χ0v) is 14.8. The average molecular weight is 345 g/mol. The molecule has 0 spiro atoms. The van der Waals surface area contributed by atoms with Gasteiger partial charge in [0.2, 0.25) is 5.91 Å². The number of hydrogen-bond acceptors (Lipinski definition) is 3. The smallest absolute Gasteiger partial charge is 0.334 e. The van der Waals surface area contributed by atoms with Crippen molar-refractivity contribution < 1.29 is 19.4 Å². The highest BCUT2D eigenvalue weighted by Gasteiger charge is 2.33. The second kappa shape index (κ2) is 8.00. The lowest BCUT2D eigenvalue weighted by Gasteiger charge is -2.36. The van der Waals surface area contributed by atoms with Gasteiger partial charge in [-0.1, -0.05) is 30.3 Å². The summed E-state index contributed by atoms with van der Waals surface area (Å²) in [6.07, 6.45) is 3.77. The van der Waals surface area contributed by atoms with E-state index in [1.54, 1.807) is 4.90 Å². The molecule has 1 aromatic rings. The summed E-state index contributed by atoms with van der Waals surface area (Å²) in [5, 5.41) is 9.15. The van der Waals surface area contributed by atoms with Crippen molar-refractivity contribution in [2.24, 2.45) is 5.92 Å². The van der Waals surface area contributed by atoms with E-state index in [0.717, 1.165) is 25.7 Å². The second-order valence-electron chi connectivity index (χ2n) is 7.40. The van der Waals surface area contributed by atoms with E-state index in [-0.39, 0.29) is 18.6 Å². The van der Waals surface area contributed by atoms with Gasteiger partial charge in [0.15, 0.2) is 6.10 Å². The van der Waals surface area contributed by atoms with Crippen LogP contribution in [0, 0.1) is 5.92 Å². The Labute approximate surface area is 149 Å². The Morgan fingerprint density at radius 3 is 2.44 bits per heavy atom. The molecule has 2 aliphatic rings. The standard InChI is InChI=1S/C20H27NO4/c1-14-12-21(13-18(25-14)20(23)24)19(22)11-15-7-9-17(10-8-15)16-5-3-2-4-6-16/h2-6,14-15,17-18H,7-13H2,1H3,(H,23,24)/t14-,15?,17?,18?/m1/s1. The molecular weight excluding hydrogens is 318 g/mol. The largest absolute Gasteiger partial charge is 0.479 e. The van der Waals surface area contributed by atoms with Gasteiger partial charge in [-0.3, -0.25) is 4.79 Å². The lowest BCUT2D eigenvalue weighted by atomic mass is 9.77. The van der Waals surface area contributed by atoms with Gasteiger partial charge in [-0.25, -0.2) is 4.79 Å². The molecule has 1 aliphatic heterocycles. The fraction of sp³-hybridized carbons (Fsp3) is 0.600. The molecule has 1 aliphatic carbocycles. The van der Waals surface area contributed by atoms with Gasteiger partial charge in [0, 0.05) is 13.0 Å². The van der Waals surface area contributed by atoms with E-state index in [1.165, 1.54) is 5.56 Å². The van der Waals surface area contributed by atoms with Crippen LogP contribution in [0.2, 0.25) is 0 Å². The molecule has 5 nitrogen and oxygen atoms in total. The molecule has 0 aromatic heterocycles. The lowest BCUT2D eigenvalue weighted by Crippen LogP contribution is -2.52. The number of carbonyl (C=O) groups excluding carboxylic acids is 1. The highest BCUT2D eigenvalue weighted by Crippen LogP contribution is 2.37. The summed E-state index contributed by atoms with van der Waals surface area (Å²) in [7, 11) is 0. The molecule has 0 radical (unpaired) electrons. The van der Waals surface area contributed by atoms with Gasteiger partial charge < -0.3 is 14.7 Å². The van der Waals surface area contributed by atoms with Crippen molar-refractivity contribution in [2.75, 3.05) is 13.1 Å². The Bertz CT molecular complexity index is 595. The number of carboxylic acids is 1. The van der Waals surface area contributed by atoms with Crippen molar-refractivity contribution in [2.45, 2.75) is 57.2 Å². The van der Waals surface area contributed by atoms with E-state index < -0.39 is 12.1 Å². The number of nitrogens with zero attached hydrogens (tertiary/aromatic N) is 1. The molecule has 1 amide bonds. The molecule has 2 fully saturated rings. The van der Waals surface area contributed by atoms with Gasteiger partial charge in [0.25, 0.3) is 0 Å². The summed E-state index contributed by atoms with van der Waals surface area (Å²) < 4.78 is 5.39. The molecule has 2 atom stereocenters. The summed E-state index contributed by atoms with van der Waals surface area (Å²) in [6.45, 7) is 2.47. The minimum atomic E-state index is -0.993. The molecule has 5 heteroatoms. The molecule has 1 saturated heterocycles. The summed E-state index contributed by atoms with van der Waals surface area (Å²) in [6, 6.07) is 10.6. The van der Waals surface area contributed by atoms with Crippen molar-refractivity contribution in [1.29, 1.82) is 0 Å². The van der Waals surface area contributed by atoms with Crippen LogP contribution in [0.3, 0.4) is 0 Å². The third kappa shape index (κ3) is 4.60. The molecule has 3 rings (SSSR count). The van der Waals surface area contributed by atoms with Crippen LogP contribution in [-0.4, -0.2) is 47.2 Å². The number of aliphatic carboxylic acids is 1. The van der Waals surface area contributed by atoms with Gasteiger partial charge in [-0.2, -0.15) is 0 Å². The average Bonchev–Trinajstić information content (AvgIpc) is 2.62. The predicted molar refractivity (Wildman–Crippen MR) is 94.3 cm³/mol. The maximum atomic E-state index is 12.6. The number of hydrogen-bond donors (Lipinski definition) is 1. The number of carboxylic acid groups (broad SMARTS) is 1. The van der Waals surface area contributed by atoms with Gasteiger partial charge in [0.1, 0.15) is 0 Å². The molecule has 25 heavy (non-hydrogen) atoms. The summed E-state index contributed by atoms with van der Waals surface area (Å²) >= 11 is 0. The Balaban J connectivity index is 1.50. The van der Waals surface area contributed by atoms with E-state index >= 15 is 0 Å². The van der Waals surface area contributed by atoms with Crippen LogP contribution in [-0.2, 0) is 14.3 Å². The number of rotatable bonds is 4. The fourth-order valence-electron chi connectivity index (χ4n) is 4.09. The minimum absolute atomic E-state index is 0.0737. The highest BCUT2D eigenvalue weighted by molar-refractivity contribution is 5.79. The maximum absolute atomic E-state index is 12.6. The monoisotopic (exact) mass is 345 g/mol. The zero-order chi connectivity index (χ0) is 17.8. The van der Waals surface area contributed by atoms with Crippen molar-refractivity contribution in [3.8, 4) is 0 Å². The van der Waals surface area contributed by atoms with E-state index in [0.29, 0.717) is 24.8 Å². The SMILES string of the molecule is C[C@@H]1CN(C(=O)CC2CCC(c3ccccc3)CC2)CC(C(=O)O)O1. The molecular formula is C20H27NO4. The molecule has 1 heterocycles. The topological polar surface area (TPSA) is 66.8 Å². The first-order valence-electron chi connectivity index (χ1n) is 9.24. The Kier molecular flexibility index (Phi) is 5.74. The molecule has 1 aromatic carbocycles. The summed E-state index contributed by atoms with van der Waals surface area (Å²) in [4.78, 5) is 25.5. The van der Waals surface area contributed by atoms with Crippen molar-refractivity contribution in [3.05, 3.63) is 35.9 Å². The van der Waals surface area contributed by atoms with Crippen LogP contribution >= 0.6 is 0 Å². The number of amides is 1. The Hall–Kier alpha value is -1.88. The van der Waals surface area contributed by atoms with Crippen LogP contribution in [0.5, 0.6) is 0 Å². The van der Waals surface area contributed by atoms with Crippen molar-refractivity contribution in [3.63, 3.8) is 0 Å². The molecule has 136 valence electrons.